The Morgan fingerprint density at radius 2 is 2.36 bits per heavy atom. The van der Waals surface area contributed by atoms with Crippen LogP contribution in [0.25, 0.3) is 0 Å². The van der Waals surface area contributed by atoms with Crippen molar-refractivity contribution in [3.63, 3.8) is 0 Å². The quantitative estimate of drug-likeness (QED) is 0.623. The lowest BCUT2D eigenvalue weighted by molar-refractivity contribution is 0.0948. The van der Waals surface area contributed by atoms with Gasteiger partial charge in [-0.2, -0.15) is 0 Å². The Balaban J connectivity index is 2.29. The van der Waals surface area contributed by atoms with E-state index < -0.39 is 0 Å². The van der Waals surface area contributed by atoms with Crippen LogP contribution in [0, 0.1) is 0 Å². The van der Waals surface area contributed by atoms with Crippen molar-refractivity contribution in [2.24, 2.45) is 0 Å². The maximum absolute atomic E-state index is 11.4. The predicted molar refractivity (Wildman–Crippen MR) is 57.1 cm³/mol. The van der Waals surface area contributed by atoms with E-state index in [0.717, 1.165) is 25.8 Å². The molecule has 0 aliphatic carbocycles. The number of hydrogen-bond donors (Lipinski definition) is 3. The molecule has 4 nitrogen and oxygen atoms in total. The summed E-state index contributed by atoms with van der Waals surface area (Å²) in [5, 5.41) is 2.82. The summed E-state index contributed by atoms with van der Waals surface area (Å²) >= 11 is 0. The molecule has 1 amide bonds. The van der Waals surface area contributed by atoms with Crippen molar-refractivity contribution in [2.45, 2.75) is 26.2 Å². The second-order valence-corrected chi connectivity index (χ2v) is 3.31. The molecular formula is C10H17N3O. The molecule has 0 fully saturated rings. The third kappa shape index (κ3) is 3.12. The van der Waals surface area contributed by atoms with Crippen molar-refractivity contribution < 1.29 is 4.79 Å². The van der Waals surface area contributed by atoms with Gasteiger partial charge in [-0.3, -0.25) is 4.79 Å². The van der Waals surface area contributed by atoms with Gasteiger partial charge in [-0.05, 0) is 12.5 Å². The van der Waals surface area contributed by atoms with E-state index in [2.05, 4.69) is 17.2 Å². The first kappa shape index (κ1) is 10.6. The number of carbonyl (C=O) groups excluding carboxylic acids is 1. The van der Waals surface area contributed by atoms with Gasteiger partial charge in [-0.1, -0.05) is 19.8 Å². The number of carbonyl (C=O) groups is 1. The van der Waals surface area contributed by atoms with Crippen LogP contribution in [-0.2, 0) is 0 Å². The summed E-state index contributed by atoms with van der Waals surface area (Å²) < 4.78 is 0. The van der Waals surface area contributed by atoms with E-state index in [1.807, 2.05) is 0 Å². The fourth-order valence-electron chi connectivity index (χ4n) is 1.21. The Hall–Kier alpha value is -1.45. The number of anilines is 1. The Morgan fingerprint density at radius 3 is 2.93 bits per heavy atom. The second kappa shape index (κ2) is 5.32. The lowest BCUT2D eigenvalue weighted by atomic mass is 10.2. The van der Waals surface area contributed by atoms with Crippen molar-refractivity contribution in [3.8, 4) is 0 Å². The molecule has 0 unspecified atom stereocenters. The fourth-order valence-corrected chi connectivity index (χ4v) is 1.21. The number of aromatic nitrogens is 1. The molecule has 1 aromatic rings. The van der Waals surface area contributed by atoms with E-state index in [0.29, 0.717) is 11.4 Å². The number of amides is 1. The first-order valence-corrected chi connectivity index (χ1v) is 4.96. The Labute approximate surface area is 83.9 Å². The van der Waals surface area contributed by atoms with E-state index in [1.165, 1.54) is 0 Å². The largest absolute Gasteiger partial charge is 0.397 e. The predicted octanol–water partition coefficient (Wildman–Crippen LogP) is 1.52. The van der Waals surface area contributed by atoms with Crippen LogP contribution in [0.15, 0.2) is 12.3 Å². The molecule has 0 spiro atoms. The summed E-state index contributed by atoms with van der Waals surface area (Å²) in [6.45, 7) is 2.86. The minimum absolute atomic E-state index is 0.0854. The first-order valence-electron chi connectivity index (χ1n) is 4.96. The Morgan fingerprint density at radius 1 is 1.57 bits per heavy atom. The van der Waals surface area contributed by atoms with E-state index in [-0.39, 0.29) is 5.91 Å². The van der Waals surface area contributed by atoms with E-state index in [4.69, 9.17) is 5.73 Å². The number of hydrogen-bond acceptors (Lipinski definition) is 2. The minimum atomic E-state index is -0.0854. The van der Waals surface area contributed by atoms with Gasteiger partial charge in [0.2, 0.25) is 0 Å². The lowest BCUT2D eigenvalue weighted by Crippen LogP contribution is -2.24. The molecule has 0 radical (unpaired) electrons. The maximum Gasteiger partial charge on any atom is 0.267 e. The minimum Gasteiger partial charge on any atom is -0.397 e. The summed E-state index contributed by atoms with van der Waals surface area (Å²) in [7, 11) is 0. The smallest absolute Gasteiger partial charge is 0.267 e. The highest BCUT2D eigenvalue weighted by atomic mass is 16.1. The zero-order valence-electron chi connectivity index (χ0n) is 8.47. The normalized spacial score (nSPS) is 10.1. The monoisotopic (exact) mass is 195 g/mol. The number of nitrogens with one attached hydrogen (secondary N) is 2. The maximum atomic E-state index is 11.4. The highest BCUT2D eigenvalue weighted by molar-refractivity contribution is 5.93. The molecule has 1 aromatic heterocycles. The van der Waals surface area contributed by atoms with Crippen LogP contribution in [0.4, 0.5) is 5.69 Å². The van der Waals surface area contributed by atoms with Crippen LogP contribution in [0.3, 0.4) is 0 Å². The molecule has 14 heavy (non-hydrogen) atoms. The average molecular weight is 195 g/mol. The van der Waals surface area contributed by atoms with Gasteiger partial charge in [-0.25, -0.2) is 0 Å². The van der Waals surface area contributed by atoms with Crippen molar-refractivity contribution in [3.05, 3.63) is 18.0 Å². The number of nitrogens with two attached hydrogens (primary N) is 1. The van der Waals surface area contributed by atoms with Crippen LogP contribution < -0.4 is 11.1 Å². The highest BCUT2D eigenvalue weighted by Gasteiger charge is 2.05. The lowest BCUT2D eigenvalue weighted by Gasteiger charge is -2.01. The Bertz CT molecular complexity index is 293. The molecule has 0 aliphatic heterocycles. The molecule has 1 heterocycles. The van der Waals surface area contributed by atoms with Crippen molar-refractivity contribution in [1.82, 2.24) is 10.3 Å². The molecule has 4 N–H and O–H groups in total. The summed E-state index contributed by atoms with van der Waals surface area (Å²) in [4.78, 5) is 14.2. The fraction of sp³-hybridized carbons (Fsp3) is 0.500. The first-order chi connectivity index (χ1) is 6.74. The van der Waals surface area contributed by atoms with Crippen molar-refractivity contribution in [2.75, 3.05) is 12.3 Å². The average Bonchev–Trinajstić information content (AvgIpc) is 2.59. The number of aromatic amines is 1. The molecule has 0 bridgehead atoms. The van der Waals surface area contributed by atoms with Crippen molar-refractivity contribution in [1.29, 1.82) is 0 Å². The summed E-state index contributed by atoms with van der Waals surface area (Å²) in [5.74, 6) is -0.0854. The van der Waals surface area contributed by atoms with Gasteiger partial charge in [-0.15, -0.1) is 0 Å². The Kier molecular flexibility index (Phi) is 4.04. The highest BCUT2D eigenvalue weighted by Crippen LogP contribution is 2.03. The van der Waals surface area contributed by atoms with Gasteiger partial charge in [0.15, 0.2) is 0 Å². The third-order valence-corrected chi connectivity index (χ3v) is 2.02. The van der Waals surface area contributed by atoms with Gasteiger partial charge < -0.3 is 16.0 Å². The van der Waals surface area contributed by atoms with Crippen molar-refractivity contribution >= 4 is 11.6 Å². The summed E-state index contributed by atoms with van der Waals surface area (Å²) in [6, 6.07) is 1.63. The number of nitrogen functional groups attached to an aromatic ring is 1. The van der Waals surface area contributed by atoms with Gasteiger partial charge in [0, 0.05) is 18.4 Å². The molecule has 1 rings (SSSR count). The third-order valence-electron chi connectivity index (χ3n) is 2.02. The summed E-state index contributed by atoms with van der Waals surface area (Å²) in [5.41, 5.74) is 6.60. The zero-order valence-corrected chi connectivity index (χ0v) is 8.47. The summed E-state index contributed by atoms with van der Waals surface area (Å²) in [6.07, 6.45) is 4.94. The molecule has 0 saturated heterocycles. The molecule has 0 atom stereocenters. The van der Waals surface area contributed by atoms with Crippen LogP contribution >= 0.6 is 0 Å². The SMILES string of the molecule is CCCCCNC(=O)c1cc(N)c[nH]1. The van der Waals surface area contributed by atoms with Gasteiger partial charge >= 0.3 is 0 Å². The number of rotatable bonds is 5. The van der Waals surface area contributed by atoms with Gasteiger partial charge in [0.1, 0.15) is 5.69 Å². The molecular weight excluding hydrogens is 178 g/mol. The van der Waals surface area contributed by atoms with Crippen LogP contribution in [-0.4, -0.2) is 17.4 Å². The van der Waals surface area contributed by atoms with E-state index >= 15 is 0 Å². The van der Waals surface area contributed by atoms with E-state index in [1.54, 1.807) is 12.3 Å². The standard InChI is InChI=1S/C10H17N3O/c1-2-3-4-5-12-10(14)9-6-8(11)7-13-9/h6-7,13H,2-5,11H2,1H3,(H,12,14). The van der Waals surface area contributed by atoms with Crippen LogP contribution in [0.5, 0.6) is 0 Å². The zero-order chi connectivity index (χ0) is 10.4. The molecule has 0 saturated carbocycles. The van der Waals surface area contributed by atoms with Crippen LogP contribution in [0.2, 0.25) is 0 Å². The molecule has 78 valence electrons. The molecule has 4 heteroatoms. The van der Waals surface area contributed by atoms with E-state index in [9.17, 15) is 4.79 Å². The number of unbranched alkanes of at least 4 members (excludes halogenated alkanes) is 2. The van der Waals surface area contributed by atoms with Gasteiger partial charge in [0.25, 0.3) is 5.91 Å². The van der Waals surface area contributed by atoms with Crippen LogP contribution in [0.1, 0.15) is 36.7 Å². The molecule has 0 aromatic carbocycles. The number of H-pyrrole nitrogens is 1. The second-order valence-electron chi connectivity index (χ2n) is 3.31. The molecule has 0 aliphatic rings. The van der Waals surface area contributed by atoms with Gasteiger partial charge in [0.05, 0.1) is 0 Å². The topological polar surface area (TPSA) is 70.9 Å².